The summed E-state index contributed by atoms with van der Waals surface area (Å²) in [6, 6.07) is 8.11. The summed E-state index contributed by atoms with van der Waals surface area (Å²) in [7, 11) is 0. The number of amides is 2. The van der Waals surface area contributed by atoms with Crippen LogP contribution in [0.15, 0.2) is 24.3 Å². The molecule has 2 atom stereocenters. The Kier molecular flexibility index (Phi) is 3.18. The highest BCUT2D eigenvalue weighted by Crippen LogP contribution is 2.43. The van der Waals surface area contributed by atoms with Crippen LogP contribution in [0, 0.1) is 5.92 Å². The minimum absolute atomic E-state index is 0.0544. The summed E-state index contributed by atoms with van der Waals surface area (Å²) in [4.78, 5) is 28.8. The molecule has 0 radical (unpaired) electrons. The topological polar surface area (TPSA) is 66.6 Å². The number of primary amides is 1. The van der Waals surface area contributed by atoms with E-state index in [2.05, 4.69) is 4.90 Å². The summed E-state index contributed by atoms with van der Waals surface area (Å²) in [6.45, 7) is 3.25. The minimum Gasteiger partial charge on any atom is -0.370 e. The number of para-hydroxylation sites is 1. The monoisotopic (exact) mass is 299 g/mol. The second kappa shape index (κ2) is 5.09. The van der Waals surface area contributed by atoms with Gasteiger partial charge in [0.25, 0.3) is 0 Å². The van der Waals surface area contributed by atoms with E-state index in [1.54, 1.807) is 0 Å². The Bertz CT molecular complexity index is 622. The van der Waals surface area contributed by atoms with Gasteiger partial charge in [-0.3, -0.25) is 9.59 Å². The second-order valence-corrected chi connectivity index (χ2v) is 6.70. The molecule has 0 saturated carbocycles. The quantitative estimate of drug-likeness (QED) is 0.908. The molecule has 4 heterocycles. The number of carbonyl (C=O) groups is 2. The summed E-state index contributed by atoms with van der Waals surface area (Å²) in [6.07, 6.45) is 2.43. The van der Waals surface area contributed by atoms with Crippen LogP contribution in [-0.4, -0.2) is 42.4 Å². The lowest BCUT2D eigenvalue weighted by Crippen LogP contribution is -2.58. The van der Waals surface area contributed by atoms with Crippen LogP contribution in [0.2, 0.25) is 0 Å². The number of anilines is 1. The van der Waals surface area contributed by atoms with E-state index in [1.807, 2.05) is 29.2 Å². The maximum Gasteiger partial charge on any atom is 0.235 e. The van der Waals surface area contributed by atoms with Crippen LogP contribution in [-0.2, 0) is 9.59 Å². The van der Waals surface area contributed by atoms with E-state index in [0.29, 0.717) is 5.92 Å². The normalized spacial score (nSPS) is 33.1. The number of rotatable bonds is 3. The summed E-state index contributed by atoms with van der Waals surface area (Å²) < 4.78 is 0. The van der Waals surface area contributed by atoms with Gasteiger partial charge in [0.15, 0.2) is 0 Å². The van der Waals surface area contributed by atoms with E-state index < -0.39 is 11.8 Å². The molecule has 2 N–H and O–H groups in total. The van der Waals surface area contributed by atoms with E-state index in [0.717, 1.165) is 43.7 Å². The number of benzene rings is 1. The number of nitrogens with zero attached hydrogens (tertiary/aromatic N) is 2. The molecule has 22 heavy (non-hydrogen) atoms. The van der Waals surface area contributed by atoms with Crippen molar-refractivity contribution in [3.05, 3.63) is 29.8 Å². The fourth-order valence-corrected chi connectivity index (χ4v) is 4.39. The SMILES string of the molecule is NC(=O)CC1C(=O)N(C2CN3CCC2CC3)c2ccccc21. The van der Waals surface area contributed by atoms with Crippen LogP contribution >= 0.6 is 0 Å². The molecule has 0 spiro atoms. The lowest BCUT2D eigenvalue weighted by Gasteiger charge is -2.48. The number of hydrogen-bond acceptors (Lipinski definition) is 3. The highest BCUT2D eigenvalue weighted by atomic mass is 16.2. The standard InChI is InChI=1S/C17H21N3O2/c18-16(21)9-13-12-3-1-2-4-14(12)20(17(13)22)15-10-19-7-5-11(15)6-8-19/h1-4,11,13,15H,5-10H2,(H2,18,21). The Morgan fingerprint density at radius 1 is 1.23 bits per heavy atom. The third-order valence-electron chi connectivity index (χ3n) is 5.47. The molecule has 5 heteroatoms. The van der Waals surface area contributed by atoms with Gasteiger partial charge in [0.2, 0.25) is 11.8 Å². The average Bonchev–Trinajstić information content (AvgIpc) is 2.80. The molecule has 1 aromatic rings. The first kappa shape index (κ1) is 13.8. The van der Waals surface area contributed by atoms with Crippen LogP contribution < -0.4 is 10.6 Å². The van der Waals surface area contributed by atoms with Gasteiger partial charge >= 0.3 is 0 Å². The molecule has 5 rings (SSSR count). The summed E-state index contributed by atoms with van der Waals surface area (Å²) >= 11 is 0. The molecule has 4 aliphatic heterocycles. The smallest absolute Gasteiger partial charge is 0.235 e. The fraction of sp³-hybridized carbons (Fsp3) is 0.529. The van der Waals surface area contributed by atoms with Crippen molar-refractivity contribution in [3.63, 3.8) is 0 Å². The highest BCUT2D eigenvalue weighted by molar-refractivity contribution is 6.07. The molecule has 3 saturated heterocycles. The van der Waals surface area contributed by atoms with Gasteiger partial charge in [0, 0.05) is 18.7 Å². The maximum absolute atomic E-state index is 13.0. The number of fused-ring (bicyclic) bond motifs is 4. The predicted molar refractivity (Wildman–Crippen MR) is 83.4 cm³/mol. The van der Waals surface area contributed by atoms with E-state index in [-0.39, 0.29) is 18.4 Å². The highest BCUT2D eigenvalue weighted by Gasteiger charge is 2.46. The zero-order valence-electron chi connectivity index (χ0n) is 12.6. The van der Waals surface area contributed by atoms with Crippen molar-refractivity contribution in [2.45, 2.75) is 31.2 Å². The molecular weight excluding hydrogens is 278 g/mol. The molecule has 3 fully saturated rings. The molecule has 2 amide bonds. The zero-order valence-corrected chi connectivity index (χ0v) is 12.6. The van der Waals surface area contributed by atoms with Gasteiger partial charge in [-0.1, -0.05) is 18.2 Å². The Labute approximate surface area is 130 Å². The molecule has 1 aromatic carbocycles. The van der Waals surface area contributed by atoms with E-state index in [4.69, 9.17) is 5.73 Å². The molecule has 4 aliphatic rings. The first-order valence-electron chi connectivity index (χ1n) is 8.08. The molecule has 0 aliphatic carbocycles. The molecule has 2 bridgehead atoms. The van der Waals surface area contributed by atoms with Crippen molar-refractivity contribution in [2.24, 2.45) is 11.7 Å². The van der Waals surface area contributed by atoms with Gasteiger partial charge < -0.3 is 15.5 Å². The predicted octanol–water partition coefficient (Wildman–Crippen LogP) is 1.09. The maximum atomic E-state index is 13.0. The van der Waals surface area contributed by atoms with E-state index in [1.165, 1.54) is 0 Å². The first-order chi connectivity index (χ1) is 10.6. The van der Waals surface area contributed by atoms with Crippen LogP contribution in [0.4, 0.5) is 5.69 Å². The van der Waals surface area contributed by atoms with Crippen molar-refractivity contribution in [1.82, 2.24) is 4.90 Å². The van der Waals surface area contributed by atoms with Gasteiger partial charge in [-0.2, -0.15) is 0 Å². The van der Waals surface area contributed by atoms with Gasteiger partial charge in [-0.25, -0.2) is 0 Å². The second-order valence-electron chi connectivity index (χ2n) is 6.70. The Hall–Kier alpha value is -1.88. The minimum atomic E-state index is -0.413. The average molecular weight is 299 g/mol. The van der Waals surface area contributed by atoms with Crippen molar-refractivity contribution in [2.75, 3.05) is 24.5 Å². The fourth-order valence-electron chi connectivity index (χ4n) is 4.39. The number of carbonyl (C=O) groups excluding carboxylic acids is 2. The summed E-state index contributed by atoms with van der Waals surface area (Å²) in [5.41, 5.74) is 7.30. The van der Waals surface area contributed by atoms with Gasteiger partial charge in [0.05, 0.1) is 12.0 Å². The molecule has 116 valence electrons. The van der Waals surface area contributed by atoms with Crippen molar-refractivity contribution >= 4 is 17.5 Å². The Morgan fingerprint density at radius 3 is 2.59 bits per heavy atom. The summed E-state index contributed by atoms with van der Waals surface area (Å²) in [5, 5.41) is 0. The number of nitrogens with two attached hydrogens (primary N) is 1. The lowest BCUT2D eigenvalue weighted by atomic mass is 9.83. The lowest BCUT2D eigenvalue weighted by molar-refractivity contribution is -0.125. The van der Waals surface area contributed by atoms with E-state index >= 15 is 0 Å². The first-order valence-corrected chi connectivity index (χ1v) is 8.08. The Balaban J connectivity index is 1.71. The molecule has 2 unspecified atom stereocenters. The van der Waals surface area contributed by atoms with Crippen LogP contribution in [0.1, 0.15) is 30.7 Å². The molecule has 5 nitrogen and oxygen atoms in total. The van der Waals surface area contributed by atoms with Gasteiger partial charge in [0.1, 0.15) is 0 Å². The third kappa shape index (κ3) is 2.03. The van der Waals surface area contributed by atoms with Gasteiger partial charge in [-0.15, -0.1) is 0 Å². The number of hydrogen-bond donors (Lipinski definition) is 1. The molecule has 0 aromatic heterocycles. The van der Waals surface area contributed by atoms with Crippen LogP contribution in [0.3, 0.4) is 0 Å². The summed E-state index contributed by atoms with van der Waals surface area (Å²) in [5.74, 6) is -0.179. The number of piperidine rings is 3. The van der Waals surface area contributed by atoms with Crippen LogP contribution in [0.25, 0.3) is 0 Å². The van der Waals surface area contributed by atoms with E-state index in [9.17, 15) is 9.59 Å². The van der Waals surface area contributed by atoms with Crippen molar-refractivity contribution in [3.8, 4) is 0 Å². The zero-order chi connectivity index (χ0) is 15.3. The third-order valence-corrected chi connectivity index (χ3v) is 5.47. The van der Waals surface area contributed by atoms with Crippen LogP contribution in [0.5, 0.6) is 0 Å². The van der Waals surface area contributed by atoms with Crippen molar-refractivity contribution < 1.29 is 9.59 Å². The Morgan fingerprint density at radius 2 is 1.95 bits per heavy atom. The largest absolute Gasteiger partial charge is 0.370 e. The van der Waals surface area contributed by atoms with Crippen molar-refractivity contribution in [1.29, 1.82) is 0 Å². The molecular formula is C17H21N3O2. The van der Waals surface area contributed by atoms with Gasteiger partial charge in [-0.05, 0) is 43.5 Å².